The Bertz CT molecular complexity index is 2040. The molecule has 92 heavy (non-hydrogen) atoms. The van der Waals surface area contributed by atoms with Crippen molar-refractivity contribution in [1.82, 2.24) is 0 Å². The van der Waals surface area contributed by atoms with Crippen molar-refractivity contribution in [3.05, 3.63) is 72.9 Å². The zero-order valence-corrected chi connectivity index (χ0v) is 59.8. The molecule has 0 aliphatic rings. The molecule has 5 unspecified atom stereocenters. The van der Waals surface area contributed by atoms with Crippen molar-refractivity contribution in [2.24, 2.45) is 0 Å². The molecular formula is C73H130O17P2. The molecule has 0 spiro atoms. The number of allylic oxidation sites excluding steroid dienone is 12. The number of phosphoric acid groups is 2. The molecule has 0 saturated carbocycles. The highest BCUT2D eigenvalue weighted by atomic mass is 31.2. The van der Waals surface area contributed by atoms with E-state index in [0.29, 0.717) is 25.7 Å². The number of hydrogen-bond acceptors (Lipinski definition) is 15. The van der Waals surface area contributed by atoms with Gasteiger partial charge in [0.15, 0.2) is 12.2 Å². The van der Waals surface area contributed by atoms with Crippen LogP contribution in [0.1, 0.15) is 310 Å². The highest BCUT2D eigenvalue weighted by molar-refractivity contribution is 7.47. The Morgan fingerprint density at radius 1 is 0.315 bits per heavy atom. The van der Waals surface area contributed by atoms with Crippen LogP contribution in [-0.2, 0) is 65.4 Å². The average Bonchev–Trinajstić information content (AvgIpc) is 2.55. The lowest BCUT2D eigenvalue weighted by Gasteiger charge is -2.21. The second kappa shape index (κ2) is 66.1. The highest BCUT2D eigenvalue weighted by Crippen LogP contribution is 2.45. The summed E-state index contributed by atoms with van der Waals surface area (Å²) in [5, 5.41) is 10.6. The summed E-state index contributed by atoms with van der Waals surface area (Å²) >= 11 is 0. The molecule has 0 aromatic rings. The quantitative estimate of drug-likeness (QED) is 0.0169. The van der Waals surface area contributed by atoms with E-state index in [2.05, 4.69) is 101 Å². The number of hydrogen-bond donors (Lipinski definition) is 3. The number of esters is 4. The zero-order chi connectivity index (χ0) is 67.5. The Morgan fingerprint density at radius 2 is 0.576 bits per heavy atom. The van der Waals surface area contributed by atoms with Crippen LogP contribution in [0.15, 0.2) is 72.9 Å². The lowest BCUT2D eigenvalue weighted by molar-refractivity contribution is -0.161. The molecule has 17 nitrogen and oxygen atoms in total. The molecule has 0 aromatic heterocycles. The first-order chi connectivity index (χ1) is 44.7. The summed E-state index contributed by atoms with van der Waals surface area (Å²) < 4.78 is 68.2. The van der Waals surface area contributed by atoms with Crippen molar-refractivity contribution in [3.8, 4) is 0 Å². The number of rotatable bonds is 68. The summed E-state index contributed by atoms with van der Waals surface area (Å²) in [5.74, 6) is -2.20. The Balaban J connectivity index is 5.30. The minimum Gasteiger partial charge on any atom is -0.462 e. The van der Waals surface area contributed by atoms with Crippen molar-refractivity contribution in [3.63, 3.8) is 0 Å². The van der Waals surface area contributed by atoms with Gasteiger partial charge in [-0.1, -0.05) is 248 Å². The summed E-state index contributed by atoms with van der Waals surface area (Å²) in [5.41, 5.74) is 0. The molecule has 0 heterocycles. The SMILES string of the molecule is CC/C=C\C/C=C\C/C=C\CCCCCCCC(=O)OCC(COP(=O)(O)OCC(O)COP(=O)(O)OCC(COC(=O)CCCCCCC/C=C\C/C=C\CCCCC)OC(=O)CCCCCCCCCCCCC)OC(=O)CCCCCCC/C=C\CCCC. The van der Waals surface area contributed by atoms with E-state index >= 15 is 0 Å². The normalized spacial score (nSPS) is 14.5. The second-order valence-corrected chi connectivity index (χ2v) is 27.1. The van der Waals surface area contributed by atoms with Gasteiger partial charge in [0.1, 0.15) is 19.3 Å². The standard InChI is InChI=1S/C73H130O17P2/c1-5-9-13-17-21-25-29-31-33-35-39-41-45-49-53-57-70(75)83-63-68(89-72(77)59-55-51-47-43-37-27-23-19-15-11-7-3)65-87-91(79,80)85-61-67(74)62-86-92(81,82)88-66-69(90-73(78)60-56-52-48-44-38-28-24-20-16-12-8-4)64-84-71(76)58-54-50-46-42-40-36-34-32-30-26-22-18-14-10-6-2/h9,13,19,21-23,25-26,31-34,67-69,74H,5-8,10-12,14-18,20,24,27-30,35-66H2,1-4H3,(H,79,80)(H,81,82)/b13-9-,23-19-,25-21-,26-22-,33-31-,34-32-. The second-order valence-electron chi connectivity index (χ2n) is 24.2. The predicted molar refractivity (Wildman–Crippen MR) is 372 cm³/mol. The maximum absolute atomic E-state index is 13.0. The fourth-order valence-corrected chi connectivity index (χ4v) is 11.2. The third kappa shape index (κ3) is 65.2. The molecule has 0 aromatic carbocycles. The molecule has 0 saturated heterocycles. The van der Waals surface area contributed by atoms with Crippen LogP contribution in [0.5, 0.6) is 0 Å². The number of carbonyl (C=O) groups is 4. The summed E-state index contributed by atoms with van der Waals surface area (Å²) in [4.78, 5) is 72.6. The van der Waals surface area contributed by atoms with Gasteiger partial charge >= 0.3 is 39.5 Å². The highest BCUT2D eigenvalue weighted by Gasteiger charge is 2.30. The number of phosphoric ester groups is 2. The first kappa shape index (κ1) is 88.5. The minimum atomic E-state index is -4.97. The topological polar surface area (TPSA) is 237 Å². The van der Waals surface area contributed by atoms with Crippen LogP contribution in [0.25, 0.3) is 0 Å². The molecule has 0 aliphatic carbocycles. The molecule has 0 rings (SSSR count). The third-order valence-electron chi connectivity index (χ3n) is 15.2. The summed E-state index contributed by atoms with van der Waals surface area (Å²) in [7, 11) is -9.93. The maximum Gasteiger partial charge on any atom is 0.472 e. The van der Waals surface area contributed by atoms with Crippen LogP contribution in [0.4, 0.5) is 0 Å². The van der Waals surface area contributed by atoms with E-state index in [4.69, 9.17) is 37.0 Å². The largest absolute Gasteiger partial charge is 0.472 e. The van der Waals surface area contributed by atoms with E-state index in [-0.39, 0.29) is 25.7 Å². The molecule has 0 amide bonds. The Morgan fingerprint density at radius 3 is 0.935 bits per heavy atom. The summed E-state index contributed by atoms with van der Waals surface area (Å²) in [6.45, 7) is 4.66. The molecule has 0 bridgehead atoms. The monoisotopic (exact) mass is 1340 g/mol. The summed E-state index contributed by atoms with van der Waals surface area (Å²) in [6, 6.07) is 0. The van der Waals surface area contributed by atoms with Crippen molar-refractivity contribution in [2.45, 2.75) is 329 Å². The van der Waals surface area contributed by atoms with Gasteiger partial charge in [-0.25, -0.2) is 9.13 Å². The van der Waals surface area contributed by atoms with E-state index in [0.717, 1.165) is 161 Å². The van der Waals surface area contributed by atoms with Crippen LogP contribution in [0.2, 0.25) is 0 Å². The first-order valence-electron chi connectivity index (χ1n) is 36.2. The first-order valence-corrected chi connectivity index (χ1v) is 39.2. The Labute approximate surface area is 558 Å². The van der Waals surface area contributed by atoms with Gasteiger partial charge in [-0.2, -0.15) is 0 Å². The van der Waals surface area contributed by atoms with Crippen LogP contribution in [0, 0.1) is 0 Å². The van der Waals surface area contributed by atoms with Crippen molar-refractivity contribution in [1.29, 1.82) is 0 Å². The molecule has 534 valence electrons. The van der Waals surface area contributed by atoms with E-state index in [1.165, 1.54) is 70.6 Å². The zero-order valence-electron chi connectivity index (χ0n) is 58.0. The van der Waals surface area contributed by atoms with Gasteiger partial charge in [0, 0.05) is 25.7 Å². The van der Waals surface area contributed by atoms with Crippen LogP contribution < -0.4 is 0 Å². The molecule has 0 fully saturated rings. The summed E-state index contributed by atoms with van der Waals surface area (Å²) in [6.07, 6.45) is 63.4. The molecule has 5 atom stereocenters. The predicted octanol–water partition coefficient (Wildman–Crippen LogP) is 20.1. The van der Waals surface area contributed by atoms with Gasteiger partial charge in [-0.15, -0.1) is 0 Å². The van der Waals surface area contributed by atoms with E-state index < -0.39 is 97.5 Å². The molecule has 19 heteroatoms. The van der Waals surface area contributed by atoms with Gasteiger partial charge in [0.05, 0.1) is 26.4 Å². The lowest BCUT2D eigenvalue weighted by atomic mass is 10.1. The number of ether oxygens (including phenoxy) is 4. The molecule has 0 aliphatic heterocycles. The Kier molecular flexibility index (Phi) is 63.6. The minimum absolute atomic E-state index is 0.0823. The Hall–Kier alpha value is -3.50. The van der Waals surface area contributed by atoms with Crippen molar-refractivity contribution in [2.75, 3.05) is 39.6 Å². The van der Waals surface area contributed by atoms with E-state index in [1.807, 2.05) is 0 Å². The fourth-order valence-electron chi connectivity index (χ4n) is 9.60. The van der Waals surface area contributed by atoms with Gasteiger partial charge in [0.2, 0.25) is 0 Å². The van der Waals surface area contributed by atoms with Crippen LogP contribution in [0.3, 0.4) is 0 Å². The van der Waals surface area contributed by atoms with E-state index in [1.54, 1.807) is 0 Å². The number of carbonyl (C=O) groups excluding carboxylic acids is 4. The van der Waals surface area contributed by atoms with Crippen molar-refractivity contribution >= 4 is 39.5 Å². The molecular weight excluding hydrogens is 1210 g/mol. The molecule has 0 radical (unpaired) electrons. The fraction of sp³-hybridized carbons (Fsp3) is 0.781. The average molecular weight is 1340 g/mol. The maximum atomic E-state index is 13.0. The number of unbranched alkanes of at least 4 members (excludes halogenated alkanes) is 30. The smallest absolute Gasteiger partial charge is 0.462 e. The number of aliphatic hydroxyl groups excluding tert-OH is 1. The van der Waals surface area contributed by atoms with Crippen LogP contribution >= 0.6 is 15.6 Å². The lowest BCUT2D eigenvalue weighted by Crippen LogP contribution is -2.30. The number of aliphatic hydroxyl groups is 1. The van der Waals surface area contributed by atoms with Gasteiger partial charge in [-0.05, 0) is 109 Å². The third-order valence-corrected chi connectivity index (χ3v) is 17.1. The van der Waals surface area contributed by atoms with Crippen molar-refractivity contribution < 1.29 is 80.2 Å². The van der Waals surface area contributed by atoms with Gasteiger partial charge in [-0.3, -0.25) is 37.3 Å². The van der Waals surface area contributed by atoms with Gasteiger partial charge in [0.25, 0.3) is 0 Å². The van der Waals surface area contributed by atoms with Crippen LogP contribution in [-0.4, -0.2) is 96.7 Å². The van der Waals surface area contributed by atoms with E-state index in [9.17, 15) is 43.2 Å². The molecule has 3 N–H and O–H groups in total. The van der Waals surface area contributed by atoms with Gasteiger partial charge < -0.3 is 33.8 Å².